The highest BCUT2D eigenvalue weighted by atomic mass is 32.2. The van der Waals surface area contributed by atoms with Crippen molar-refractivity contribution in [1.29, 1.82) is 0 Å². The molecule has 6 heteroatoms. The third-order valence-electron chi connectivity index (χ3n) is 1.27. The van der Waals surface area contributed by atoms with Gasteiger partial charge in [0.15, 0.2) is 5.16 Å². The van der Waals surface area contributed by atoms with Crippen molar-refractivity contribution in [2.45, 2.75) is 17.3 Å². The molecule has 0 saturated heterocycles. The second kappa shape index (κ2) is 4.13. The Kier molecular flexibility index (Phi) is 3.12. The van der Waals surface area contributed by atoms with Crippen LogP contribution < -0.4 is 11.3 Å². The summed E-state index contributed by atoms with van der Waals surface area (Å²) in [5.74, 6) is 4.75. The topological polar surface area (TPSA) is 83.8 Å². The number of hydrazine groups is 1. The normalized spacial score (nSPS) is 12.5. The van der Waals surface area contributed by atoms with Crippen LogP contribution in [0.25, 0.3) is 0 Å². The molecule has 0 radical (unpaired) electrons. The van der Waals surface area contributed by atoms with Crippen LogP contribution in [0.3, 0.4) is 0 Å². The number of H-pyrrole nitrogens is 1. The predicted octanol–water partition coefficient (Wildman–Crippen LogP) is -0.120. The summed E-state index contributed by atoms with van der Waals surface area (Å²) >= 11 is 1.32. The van der Waals surface area contributed by atoms with Crippen LogP contribution in [0, 0.1) is 0 Å². The molecule has 0 aliphatic carbocycles. The predicted molar refractivity (Wildman–Crippen MR) is 46.2 cm³/mol. The molecule has 0 aliphatic heterocycles. The molecule has 1 aromatic rings. The van der Waals surface area contributed by atoms with Crippen LogP contribution in [0.1, 0.15) is 6.92 Å². The zero-order chi connectivity index (χ0) is 8.97. The van der Waals surface area contributed by atoms with Gasteiger partial charge in [0.2, 0.25) is 5.91 Å². The minimum absolute atomic E-state index is 0.212. The van der Waals surface area contributed by atoms with E-state index in [-0.39, 0.29) is 11.2 Å². The summed E-state index contributed by atoms with van der Waals surface area (Å²) in [6, 6.07) is 0. The van der Waals surface area contributed by atoms with Gasteiger partial charge in [-0.05, 0) is 6.92 Å². The molecular weight excluding hydrogens is 176 g/mol. The minimum Gasteiger partial charge on any atom is -0.340 e. The number of carbonyl (C=O) groups excluding carboxylic acids is 1. The minimum atomic E-state index is -0.235. The number of aromatic nitrogens is 2. The maximum atomic E-state index is 10.9. The van der Waals surface area contributed by atoms with E-state index in [1.165, 1.54) is 11.8 Å². The van der Waals surface area contributed by atoms with Gasteiger partial charge in [-0.3, -0.25) is 10.2 Å². The lowest BCUT2D eigenvalue weighted by Crippen LogP contribution is -2.36. The average molecular weight is 186 g/mol. The van der Waals surface area contributed by atoms with E-state index in [1.807, 2.05) is 0 Å². The quantitative estimate of drug-likeness (QED) is 0.266. The number of rotatable bonds is 3. The number of amides is 1. The lowest BCUT2D eigenvalue weighted by Gasteiger charge is -2.05. The summed E-state index contributed by atoms with van der Waals surface area (Å²) in [5, 5.41) is 0.479. The monoisotopic (exact) mass is 186 g/mol. The fourth-order valence-corrected chi connectivity index (χ4v) is 1.42. The average Bonchev–Trinajstić information content (AvgIpc) is 2.55. The lowest BCUT2D eigenvalue weighted by atomic mass is 10.5. The van der Waals surface area contributed by atoms with Crippen molar-refractivity contribution in [3.05, 3.63) is 12.4 Å². The number of nitrogens with one attached hydrogen (secondary N) is 2. The Morgan fingerprint density at radius 1 is 1.92 bits per heavy atom. The molecule has 1 unspecified atom stereocenters. The summed E-state index contributed by atoms with van der Waals surface area (Å²) in [5.41, 5.74) is 2.08. The zero-order valence-corrected chi connectivity index (χ0v) is 7.39. The molecule has 1 heterocycles. The Balaban J connectivity index is 2.47. The lowest BCUT2D eigenvalue weighted by molar-refractivity contribution is -0.120. The van der Waals surface area contributed by atoms with Crippen molar-refractivity contribution >= 4 is 17.7 Å². The van der Waals surface area contributed by atoms with Crippen molar-refractivity contribution in [2.75, 3.05) is 0 Å². The highest BCUT2D eigenvalue weighted by Crippen LogP contribution is 2.17. The van der Waals surface area contributed by atoms with Gasteiger partial charge >= 0.3 is 0 Å². The first kappa shape index (κ1) is 9.08. The first-order valence-corrected chi connectivity index (χ1v) is 4.28. The van der Waals surface area contributed by atoms with E-state index in [2.05, 4.69) is 15.4 Å². The molecule has 0 bridgehead atoms. The number of aromatic amines is 1. The van der Waals surface area contributed by atoms with Crippen LogP contribution in [0.5, 0.6) is 0 Å². The van der Waals surface area contributed by atoms with Crippen molar-refractivity contribution in [3.8, 4) is 0 Å². The second-order valence-corrected chi connectivity index (χ2v) is 3.49. The fraction of sp³-hybridized carbons (Fsp3) is 0.333. The van der Waals surface area contributed by atoms with E-state index in [1.54, 1.807) is 19.3 Å². The molecular formula is C6H10N4OS. The van der Waals surface area contributed by atoms with Gasteiger partial charge in [0, 0.05) is 12.4 Å². The van der Waals surface area contributed by atoms with E-state index in [0.29, 0.717) is 5.16 Å². The molecule has 0 saturated carbocycles. The number of imidazole rings is 1. The van der Waals surface area contributed by atoms with Crippen molar-refractivity contribution in [1.82, 2.24) is 15.4 Å². The van der Waals surface area contributed by atoms with Gasteiger partial charge in [-0.2, -0.15) is 0 Å². The molecule has 0 aromatic carbocycles. The molecule has 1 rings (SSSR count). The molecule has 66 valence electrons. The van der Waals surface area contributed by atoms with Crippen LogP contribution in [-0.2, 0) is 4.79 Å². The zero-order valence-electron chi connectivity index (χ0n) is 6.57. The molecule has 1 atom stereocenters. The number of hydrogen-bond acceptors (Lipinski definition) is 4. The van der Waals surface area contributed by atoms with Crippen LogP contribution in [0.15, 0.2) is 17.6 Å². The van der Waals surface area contributed by atoms with Gasteiger partial charge in [-0.25, -0.2) is 10.8 Å². The Morgan fingerprint density at radius 3 is 3.17 bits per heavy atom. The Labute approximate surface area is 74.1 Å². The van der Waals surface area contributed by atoms with Gasteiger partial charge in [-0.1, -0.05) is 11.8 Å². The van der Waals surface area contributed by atoms with Gasteiger partial charge in [-0.15, -0.1) is 0 Å². The van der Waals surface area contributed by atoms with Crippen LogP contribution in [0.4, 0.5) is 0 Å². The van der Waals surface area contributed by atoms with Crippen molar-refractivity contribution in [3.63, 3.8) is 0 Å². The van der Waals surface area contributed by atoms with E-state index >= 15 is 0 Å². The fourth-order valence-electron chi connectivity index (χ4n) is 0.654. The molecule has 5 nitrogen and oxygen atoms in total. The Bertz CT molecular complexity index is 248. The molecule has 1 aromatic heterocycles. The smallest absolute Gasteiger partial charge is 0.247 e. The maximum absolute atomic E-state index is 10.9. The largest absolute Gasteiger partial charge is 0.340 e. The molecule has 0 spiro atoms. The molecule has 4 N–H and O–H groups in total. The summed E-state index contributed by atoms with van der Waals surface area (Å²) < 4.78 is 0. The first-order valence-electron chi connectivity index (χ1n) is 3.40. The van der Waals surface area contributed by atoms with Gasteiger partial charge in [0.1, 0.15) is 0 Å². The number of nitrogens with two attached hydrogens (primary N) is 1. The SMILES string of the molecule is CC(Sc1ncc[nH]1)C(=O)NN. The summed E-state index contributed by atoms with van der Waals surface area (Å²) in [6.45, 7) is 1.76. The van der Waals surface area contributed by atoms with Gasteiger partial charge < -0.3 is 4.98 Å². The van der Waals surface area contributed by atoms with E-state index in [4.69, 9.17) is 5.84 Å². The maximum Gasteiger partial charge on any atom is 0.247 e. The Morgan fingerprint density at radius 2 is 2.67 bits per heavy atom. The van der Waals surface area contributed by atoms with Crippen LogP contribution in [0.2, 0.25) is 0 Å². The number of nitrogens with zero attached hydrogens (tertiary/aromatic N) is 1. The van der Waals surface area contributed by atoms with Crippen LogP contribution in [-0.4, -0.2) is 21.1 Å². The summed E-state index contributed by atoms with van der Waals surface area (Å²) in [6.07, 6.45) is 3.34. The third-order valence-corrected chi connectivity index (χ3v) is 2.29. The highest BCUT2D eigenvalue weighted by Gasteiger charge is 2.13. The molecule has 0 aliphatic rings. The molecule has 0 fully saturated rings. The van der Waals surface area contributed by atoms with Crippen LogP contribution >= 0.6 is 11.8 Å². The first-order chi connectivity index (χ1) is 5.74. The second-order valence-electron chi connectivity index (χ2n) is 2.16. The van der Waals surface area contributed by atoms with Crippen molar-refractivity contribution < 1.29 is 4.79 Å². The van der Waals surface area contributed by atoms with E-state index in [0.717, 1.165) is 0 Å². The molecule has 12 heavy (non-hydrogen) atoms. The van der Waals surface area contributed by atoms with Crippen molar-refractivity contribution in [2.24, 2.45) is 5.84 Å². The standard InChI is InChI=1S/C6H10N4OS/c1-4(5(11)10-7)12-6-8-2-3-9-6/h2-4H,7H2,1H3,(H,8,9)(H,10,11). The summed E-state index contributed by atoms with van der Waals surface area (Å²) in [4.78, 5) is 17.8. The number of carbonyl (C=O) groups is 1. The Hall–Kier alpha value is -1.01. The number of thioether (sulfide) groups is 1. The van der Waals surface area contributed by atoms with E-state index < -0.39 is 0 Å². The van der Waals surface area contributed by atoms with Gasteiger partial charge in [0.25, 0.3) is 0 Å². The summed E-state index contributed by atoms with van der Waals surface area (Å²) in [7, 11) is 0. The van der Waals surface area contributed by atoms with E-state index in [9.17, 15) is 4.79 Å². The van der Waals surface area contributed by atoms with Gasteiger partial charge in [0.05, 0.1) is 5.25 Å². The molecule has 1 amide bonds. The highest BCUT2D eigenvalue weighted by molar-refractivity contribution is 8.00. The third kappa shape index (κ3) is 2.24. The number of hydrogen-bond donors (Lipinski definition) is 3.